The van der Waals surface area contributed by atoms with Crippen molar-refractivity contribution in [2.24, 2.45) is 5.92 Å². The summed E-state index contributed by atoms with van der Waals surface area (Å²) in [7, 11) is 0. The van der Waals surface area contributed by atoms with Crippen molar-refractivity contribution in [2.75, 3.05) is 6.61 Å². The highest BCUT2D eigenvalue weighted by Crippen LogP contribution is 2.41. The van der Waals surface area contributed by atoms with E-state index < -0.39 is 0 Å². The second-order valence-electron chi connectivity index (χ2n) is 4.26. The third-order valence-electron chi connectivity index (χ3n) is 3.14. The van der Waals surface area contributed by atoms with Gasteiger partial charge in [0.2, 0.25) is 0 Å². The molecule has 2 atom stereocenters. The minimum absolute atomic E-state index is 0.153. The molecule has 0 aliphatic heterocycles. The molecule has 1 aliphatic rings. The van der Waals surface area contributed by atoms with E-state index in [1.165, 1.54) is 6.07 Å². The van der Waals surface area contributed by atoms with Gasteiger partial charge < -0.3 is 5.11 Å². The average molecular weight is 206 g/mol. The molecule has 0 heterocycles. The SMILES string of the molecule is C=C1C[C@H](CO)[C@H](c2cccc(F)c2)C1. The molecule has 0 bridgehead atoms. The second kappa shape index (κ2) is 4.15. The molecule has 0 aromatic heterocycles. The Morgan fingerprint density at radius 1 is 1.40 bits per heavy atom. The molecule has 2 rings (SSSR count). The van der Waals surface area contributed by atoms with E-state index >= 15 is 0 Å². The summed E-state index contributed by atoms with van der Waals surface area (Å²) in [6, 6.07) is 6.66. The minimum Gasteiger partial charge on any atom is -0.396 e. The third kappa shape index (κ3) is 2.10. The normalized spacial score (nSPS) is 25.9. The fraction of sp³-hybridized carbons (Fsp3) is 0.385. The highest BCUT2D eigenvalue weighted by molar-refractivity contribution is 5.26. The van der Waals surface area contributed by atoms with Crippen LogP contribution in [0.5, 0.6) is 0 Å². The predicted molar refractivity (Wildman–Crippen MR) is 58.1 cm³/mol. The molecule has 0 radical (unpaired) electrons. The van der Waals surface area contributed by atoms with E-state index in [2.05, 4.69) is 6.58 Å². The van der Waals surface area contributed by atoms with Crippen LogP contribution in [-0.2, 0) is 0 Å². The van der Waals surface area contributed by atoms with Crippen molar-refractivity contribution in [1.82, 2.24) is 0 Å². The number of aliphatic hydroxyl groups excluding tert-OH is 1. The summed E-state index contributed by atoms with van der Waals surface area (Å²) in [5.74, 6) is 0.235. The lowest BCUT2D eigenvalue weighted by atomic mass is 9.89. The number of allylic oxidation sites excluding steroid dienone is 1. The molecule has 0 unspecified atom stereocenters. The van der Waals surface area contributed by atoms with Crippen LogP contribution >= 0.6 is 0 Å². The Morgan fingerprint density at radius 3 is 2.87 bits per heavy atom. The lowest BCUT2D eigenvalue weighted by Gasteiger charge is -2.17. The zero-order chi connectivity index (χ0) is 10.8. The monoisotopic (exact) mass is 206 g/mol. The summed E-state index contributed by atoms with van der Waals surface area (Å²) >= 11 is 0. The van der Waals surface area contributed by atoms with E-state index in [1.54, 1.807) is 12.1 Å². The van der Waals surface area contributed by atoms with Crippen molar-refractivity contribution >= 4 is 0 Å². The highest BCUT2D eigenvalue weighted by atomic mass is 19.1. The number of benzene rings is 1. The van der Waals surface area contributed by atoms with Crippen molar-refractivity contribution in [3.63, 3.8) is 0 Å². The van der Waals surface area contributed by atoms with Crippen LogP contribution < -0.4 is 0 Å². The van der Waals surface area contributed by atoms with Gasteiger partial charge in [-0.25, -0.2) is 4.39 Å². The van der Waals surface area contributed by atoms with Crippen LogP contribution in [0.1, 0.15) is 24.3 Å². The fourth-order valence-electron chi connectivity index (χ4n) is 2.39. The maximum atomic E-state index is 13.1. The standard InChI is InChI=1S/C13H15FO/c1-9-5-11(8-15)13(6-9)10-3-2-4-12(14)7-10/h2-4,7,11,13,15H,1,5-6,8H2/t11-,13+/m1/s1. The maximum Gasteiger partial charge on any atom is 0.123 e. The van der Waals surface area contributed by atoms with Gasteiger partial charge in [0, 0.05) is 6.61 Å². The maximum absolute atomic E-state index is 13.1. The number of halogens is 1. The van der Waals surface area contributed by atoms with Gasteiger partial charge in [-0.3, -0.25) is 0 Å². The highest BCUT2D eigenvalue weighted by Gasteiger charge is 2.30. The topological polar surface area (TPSA) is 20.2 Å². The Morgan fingerprint density at radius 2 is 2.20 bits per heavy atom. The van der Waals surface area contributed by atoms with E-state index in [4.69, 9.17) is 0 Å². The summed E-state index contributed by atoms with van der Waals surface area (Å²) in [5.41, 5.74) is 2.14. The van der Waals surface area contributed by atoms with Gasteiger partial charge in [0.1, 0.15) is 5.82 Å². The molecule has 1 aliphatic carbocycles. The van der Waals surface area contributed by atoms with Gasteiger partial charge in [0.25, 0.3) is 0 Å². The largest absolute Gasteiger partial charge is 0.396 e. The Labute approximate surface area is 89.3 Å². The summed E-state index contributed by atoms with van der Waals surface area (Å²) < 4.78 is 13.1. The first kappa shape index (κ1) is 10.4. The van der Waals surface area contributed by atoms with Crippen LogP contribution in [0.25, 0.3) is 0 Å². The molecule has 1 N–H and O–H groups in total. The van der Waals surface area contributed by atoms with Crippen molar-refractivity contribution < 1.29 is 9.50 Å². The first-order chi connectivity index (χ1) is 7.20. The van der Waals surface area contributed by atoms with Gasteiger partial charge in [-0.2, -0.15) is 0 Å². The first-order valence-electron chi connectivity index (χ1n) is 5.23. The Kier molecular flexibility index (Phi) is 2.87. The van der Waals surface area contributed by atoms with E-state index in [1.807, 2.05) is 6.07 Å². The van der Waals surface area contributed by atoms with Gasteiger partial charge in [-0.15, -0.1) is 0 Å². The zero-order valence-electron chi connectivity index (χ0n) is 8.62. The van der Waals surface area contributed by atoms with Gasteiger partial charge in [0.15, 0.2) is 0 Å². The first-order valence-corrected chi connectivity index (χ1v) is 5.23. The Bertz CT molecular complexity index is 373. The molecule has 1 aromatic carbocycles. The number of hydrogen-bond acceptors (Lipinski definition) is 1. The van der Waals surface area contributed by atoms with Crippen LogP contribution in [0, 0.1) is 11.7 Å². The summed E-state index contributed by atoms with van der Waals surface area (Å²) in [5, 5.41) is 9.25. The minimum atomic E-state index is -0.207. The summed E-state index contributed by atoms with van der Waals surface area (Å²) in [6.07, 6.45) is 1.73. The van der Waals surface area contributed by atoms with Crippen molar-refractivity contribution in [1.29, 1.82) is 0 Å². The van der Waals surface area contributed by atoms with Gasteiger partial charge in [0.05, 0.1) is 0 Å². The van der Waals surface area contributed by atoms with Gasteiger partial charge >= 0.3 is 0 Å². The van der Waals surface area contributed by atoms with Crippen LogP contribution in [0.15, 0.2) is 36.4 Å². The molecule has 0 saturated heterocycles. The molecular formula is C13H15FO. The number of rotatable bonds is 2. The molecule has 1 aromatic rings. The molecule has 0 spiro atoms. The summed E-state index contributed by atoms with van der Waals surface area (Å²) in [4.78, 5) is 0. The molecule has 1 fully saturated rings. The molecule has 1 nitrogen and oxygen atoms in total. The smallest absolute Gasteiger partial charge is 0.123 e. The molecular weight excluding hydrogens is 191 g/mol. The number of aliphatic hydroxyl groups is 1. The lowest BCUT2D eigenvalue weighted by molar-refractivity contribution is 0.218. The van der Waals surface area contributed by atoms with E-state index in [0.29, 0.717) is 0 Å². The average Bonchev–Trinajstić information content (AvgIpc) is 2.59. The molecule has 0 amide bonds. The number of hydrogen-bond donors (Lipinski definition) is 1. The van der Waals surface area contributed by atoms with Crippen molar-refractivity contribution in [3.05, 3.63) is 47.8 Å². The second-order valence-corrected chi connectivity index (χ2v) is 4.26. The Balaban J connectivity index is 2.26. The van der Waals surface area contributed by atoms with Crippen LogP contribution in [0.2, 0.25) is 0 Å². The quantitative estimate of drug-likeness (QED) is 0.738. The molecule has 15 heavy (non-hydrogen) atoms. The lowest BCUT2D eigenvalue weighted by Crippen LogP contribution is -2.10. The molecule has 1 saturated carbocycles. The van der Waals surface area contributed by atoms with Crippen LogP contribution in [0.3, 0.4) is 0 Å². The zero-order valence-corrected chi connectivity index (χ0v) is 8.62. The van der Waals surface area contributed by atoms with Crippen LogP contribution in [-0.4, -0.2) is 11.7 Å². The van der Waals surface area contributed by atoms with Crippen molar-refractivity contribution in [3.8, 4) is 0 Å². The molecule has 2 heteroatoms. The van der Waals surface area contributed by atoms with E-state index in [9.17, 15) is 9.50 Å². The molecule has 80 valence electrons. The van der Waals surface area contributed by atoms with Gasteiger partial charge in [-0.1, -0.05) is 24.3 Å². The summed E-state index contributed by atoms with van der Waals surface area (Å²) in [6.45, 7) is 4.10. The predicted octanol–water partition coefficient (Wildman–Crippen LogP) is 2.87. The van der Waals surface area contributed by atoms with E-state index in [-0.39, 0.29) is 24.3 Å². The Hall–Kier alpha value is -1.15. The third-order valence-corrected chi connectivity index (χ3v) is 3.14. The van der Waals surface area contributed by atoms with Gasteiger partial charge in [-0.05, 0) is 42.4 Å². The van der Waals surface area contributed by atoms with E-state index in [0.717, 1.165) is 24.0 Å². The van der Waals surface area contributed by atoms with Crippen molar-refractivity contribution in [2.45, 2.75) is 18.8 Å². The fourth-order valence-corrected chi connectivity index (χ4v) is 2.39. The van der Waals surface area contributed by atoms with Crippen LogP contribution in [0.4, 0.5) is 4.39 Å².